The summed E-state index contributed by atoms with van der Waals surface area (Å²) in [6.07, 6.45) is 3.11. The van der Waals surface area contributed by atoms with Crippen molar-refractivity contribution >= 4 is 17.7 Å². The van der Waals surface area contributed by atoms with Crippen LogP contribution in [0.15, 0.2) is 18.2 Å². The minimum atomic E-state index is -1.10. The molecule has 0 unspecified atom stereocenters. The molecule has 0 bridgehead atoms. The zero-order valence-corrected chi connectivity index (χ0v) is 11.4. The fraction of sp³-hybridized carbons (Fsp3) is 0.429. The summed E-state index contributed by atoms with van der Waals surface area (Å²) in [5.74, 6) is -0.656. The highest BCUT2D eigenvalue weighted by molar-refractivity contribution is 6.00. The molecule has 1 saturated heterocycles. The molecule has 0 aromatic heterocycles. The van der Waals surface area contributed by atoms with Gasteiger partial charge >= 0.3 is 12.0 Å². The minimum Gasteiger partial charge on any atom is -0.497 e. The Balaban J connectivity index is 2.15. The van der Waals surface area contributed by atoms with E-state index in [2.05, 4.69) is 5.32 Å². The van der Waals surface area contributed by atoms with E-state index in [0.717, 1.165) is 19.3 Å². The number of ether oxygens (including phenoxy) is 1. The van der Waals surface area contributed by atoms with E-state index in [0.29, 0.717) is 18.8 Å². The Morgan fingerprint density at radius 2 is 1.95 bits per heavy atom. The van der Waals surface area contributed by atoms with Gasteiger partial charge in [0.2, 0.25) is 0 Å². The quantitative estimate of drug-likeness (QED) is 0.890. The number of methoxy groups -OCH3 is 1. The van der Waals surface area contributed by atoms with Gasteiger partial charge in [-0.15, -0.1) is 0 Å². The van der Waals surface area contributed by atoms with Crippen LogP contribution in [0.25, 0.3) is 0 Å². The molecule has 108 valence electrons. The van der Waals surface area contributed by atoms with Crippen molar-refractivity contribution in [1.82, 2.24) is 4.90 Å². The lowest BCUT2D eigenvalue weighted by Crippen LogP contribution is -2.38. The summed E-state index contributed by atoms with van der Waals surface area (Å²) in [6, 6.07) is 4.31. The second kappa shape index (κ2) is 6.27. The largest absolute Gasteiger partial charge is 0.497 e. The first-order valence-electron chi connectivity index (χ1n) is 6.59. The highest BCUT2D eigenvalue weighted by Crippen LogP contribution is 2.23. The number of nitrogens with one attached hydrogen (secondary N) is 1. The van der Waals surface area contributed by atoms with Crippen LogP contribution in [0.3, 0.4) is 0 Å². The summed E-state index contributed by atoms with van der Waals surface area (Å²) >= 11 is 0. The number of piperidine rings is 1. The number of anilines is 1. The van der Waals surface area contributed by atoms with Gasteiger partial charge < -0.3 is 20.1 Å². The van der Waals surface area contributed by atoms with Gasteiger partial charge in [-0.3, -0.25) is 0 Å². The van der Waals surface area contributed by atoms with Gasteiger partial charge in [0.05, 0.1) is 18.4 Å². The van der Waals surface area contributed by atoms with Crippen LogP contribution in [-0.4, -0.2) is 42.2 Å². The number of rotatable bonds is 3. The van der Waals surface area contributed by atoms with Crippen LogP contribution in [0.4, 0.5) is 10.5 Å². The van der Waals surface area contributed by atoms with Crippen LogP contribution < -0.4 is 10.1 Å². The summed E-state index contributed by atoms with van der Waals surface area (Å²) in [4.78, 5) is 25.0. The number of benzene rings is 1. The molecule has 2 N–H and O–H groups in total. The van der Waals surface area contributed by atoms with Crippen LogP contribution in [0.1, 0.15) is 29.6 Å². The van der Waals surface area contributed by atoms with Gasteiger partial charge in [-0.05, 0) is 37.5 Å². The number of hydrogen-bond donors (Lipinski definition) is 2. The molecule has 0 saturated carbocycles. The second-order valence-electron chi connectivity index (χ2n) is 4.69. The molecular weight excluding hydrogens is 260 g/mol. The highest BCUT2D eigenvalue weighted by atomic mass is 16.5. The molecule has 1 aromatic carbocycles. The molecule has 0 atom stereocenters. The van der Waals surface area contributed by atoms with Gasteiger partial charge in [0.1, 0.15) is 5.75 Å². The van der Waals surface area contributed by atoms with Crippen molar-refractivity contribution < 1.29 is 19.4 Å². The number of likely N-dealkylation sites (tertiary alicyclic amines) is 1. The molecule has 1 heterocycles. The van der Waals surface area contributed by atoms with Crippen LogP contribution >= 0.6 is 0 Å². The molecule has 6 heteroatoms. The number of carboxylic acid groups (broad SMARTS) is 1. The molecule has 20 heavy (non-hydrogen) atoms. The average Bonchev–Trinajstić information content (AvgIpc) is 2.48. The van der Waals surface area contributed by atoms with E-state index in [1.807, 2.05) is 0 Å². The normalized spacial score (nSPS) is 14.8. The molecule has 2 rings (SSSR count). The van der Waals surface area contributed by atoms with E-state index < -0.39 is 5.97 Å². The topological polar surface area (TPSA) is 78.9 Å². The van der Waals surface area contributed by atoms with Crippen molar-refractivity contribution in [1.29, 1.82) is 0 Å². The Hall–Kier alpha value is -2.24. The lowest BCUT2D eigenvalue weighted by molar-refractivity contribution is 0.0697. The maximum Gasteiger partial charge on any atom is 0.337 e. The van der Waals surface area contributed by atoms with Crippen LogP contribution in [0, 0.1) is 0 Å². The van der Waals surface area contributed by atoms with E-state index >= 15 is 0 Å². The maximum atomic E-state index is 12.1. The van der Waals surface area contributed by atoms with Crippen LogP contribution in [0.2, 0.25) is 0 Å². The number of urea groups is 1. The Morgan fingerprint density at radius 3 is 2.55 bits per heavy atom. The average molecular weight is 278 g/mol. The summed E-state index contributed by atoms with van der Waals surface area (Å²) in [5, 5.41) is 11.9. The van der Waals surface area contributed by atoms with Crippen LogP contribution in [-0.2, 0) is 0 Å². The summed E-state index contributed by atoms with van der Waals surface area (Å²) in [7, 11) is 1.47. The maximum absolute atomic E-state index is 12.1. The molecule has 1 aliphatic heterocycles. The van der Waals surface area contributed by atoms with Crippen molar-refractivity contribution in [3.05, 3.63) is 23.8 Å². The molecule has 2 amide bonds. The number of nitrogens with zero attached hydrogens (tertiary/aromatic N) is 1. The third-order valence-electron chi connectivity index (χ3n) is 3.34. The fourth-order valence-corrected chi connectivity index (χ4v) is 2.23. The zero-order chi connectivity index (χ0) is 14.5. The Morgan fingerprint density at radius 1 is 1.25 bits per heavy atom. The third kappa shape index (κ3) is 3.20. The SMILES string of the molecule is COc1ccc(NC(=O)N2CCCCC2)c(C(=O)O)c1. The second-order valence-corrected chi connectivity index (χ2v) is 4.69. The number of carboxylic acids is 1. The van der Waals surface area contributed by atoms with Crippen molar-refractivity contribution in [2.75, 3.05) is 25.5 Å². The first-order chi connectivity index (χ1) is 9.61. The number of aromatic carboxylic acids is 1. The number of hydrogen-bond acceptors (Lipinski definition) is 3. The predicted octanol–water partition coefficient (Wildman–Crippen LogP) is 2.41. The first kappa shape index (κ1) is 14.2. The smallest absolute Gasteiger partial charge is 0.337 e. The minimum absolute atomic E-state index is 0.0229. The monoisotopic (exact) mass is 278 g/mol. The van der Waals surface area contributed by atoms with Gasteiger partial charge in [-0.25, -0.2) is 9.59 Å². The molecule has 1 fully saturated rings. The highest BCUT2D eigenvalue weighted by Gasteiger charge is 2.19. The summed E-state index contributed by atoms with van der Waals surface area (Å²) in [5.41, 5.74) is 0.309. The summed E-state index contributed by atoms with van der Waals surface area (Å²) in [6.45, 7) is 1.43. The molecular formula is C14H18N2O4. The standard InChI is InChI=1S/C14H18N2O4/c1-20-10-5-6-12(11(9-10)13(17)18)15-14(19)16-7-3-2-4-8-16/h5-6,9H,2-4,7-8H2,1H3,(H,15,19)(H,17,18). The lowest BCUT2D eigenvalue weighted by Gasteiger charge is -2.27. The van der Waals surface area contributed by atoms with Gasteiger partial charge in [-0.2, -0.15) is 0 Å². The van der Waals surface area contributed by atoms with E-state index in [1.165, 1.54) is 13.2 Å². The van der Waals surface area contributed by atoms with Gasteiger partial charge in [-0.1, -0.05) is 0 Å². The van der Waals surface area contributed by atoms with Gasteiger partial charge in [0, 0.05) is 13.1 Å². The third-order valence-corrected chi connectivity index (χ3v) is 3.34. The molecule has 1 aliphatic rings. The van der Waals surface area contributed by atoms with Gasteiger partial charge in [0.15, 0.2) is 0 Å². The summed E-state index contributed by atoms with van der Waals surface area (Å²) < 4.78 is 4.99. The van der Waals surface area contributed by atoms with Gasteiger partial charge in [0.25, 0.3) is 0 Å². The number of carbonyl (C=O) groups is 2. The van der Waals surface area contributed by atoms with Crippen LogP contribution in [0.5, 0.6) is 5.75 Å². The van der Waals surface area contributed by atoms with E-state index in [4.69, 9.17) is 4.74 Å². The lowest BCUT2D eigenvalue weighted by atomic mass is 10.1. The Bertz CT molecular complexity index is 510. The van der Waals surface area contributed by atoms with Crippen molar-refractivity contribution in [3.8, 4) is 5.75 Å². The fourth-order valence-electron chi connectivity index (χ4n) is 2.23. The Labute approximate surface area is 117 Å². The van der Waals surface area contributed by atoms with E-state index in [9.17, 15) is 14.7 Å². The number of carbonyl (C=O) groups excluding carboxylic acids is 1. The van der Waals surface area contributed by atoms with Crippen molar-refractivity contribution in [3.63, 3.8) is 0 Å². The molecule has 0 spiro atoms. The van der Waals surface area contributed by atoms with Crippen molar-refractivity contribution in [2.24, 2.45) is 0 Å². The molecule has 1 aromatic rings. The number of amides is 2. The van der Waals surface area contributed by atoms with E-state index in [-0.39, 0.29) is 17.3 Å². The van der Waals surface area contributed by atoms with Crippen molar-refractivity contribution in [2.45, 2.75) is 19.3 Å². The predicted molar refractivity (Wildman–Crippen MR) is 74.4 cm³/mol. The zero-order valence-electron chi connectivity index (χ0n) is 11.4. The molecule has 0 aliphatic carbocycles. The van der Waals surface area contributed by atoms with E-state index in [1.54, 1.807) is 17.0 Å². The first-order valence-corrected chi connectivity index (χ1v) is 6.59. The Kier molecular flexibility index (Phi) is 4.45. The molecule has 0 radical (unpaired) electrons. The molecule has 6 nitrogen and oxygen atoms in total.